The second-order valence-corrected chi connectivity index (χ2v) is 4.39. The number of imidazole rings is 1. The SMILES string of the molecule is Nc1c(F)cccc1-n1cnc2c1CCCC2. The number of nitrogens with zero attached hydrogens (tertiary/aromatic N) is 2. The molecule has 0 amide bonds. The van der Waals surface area contributed by atoms with Gasteiger partial charge in [-0.1, -0.05) is 6.07 Å². The van der Waals surface area contributed by atoms with Gasteiger partial charge < -0.3 is 10.3 Å². The number of fused-ring (bicyclic) bond motifs is 1. The van der Waals surface area contributed by atoms with Gasteiger partial charge in [0.2, 0.25) is 0 Å². The topological polar surface area (TPSA) is 43.8 Å². The van der Waals surface area contributed by atoms with Gasteiger partial charge in [-0.05, 0) is 37.8 Å². The molecule has 0 saturated heterocycles. The van der Waals surface area contributed by atoms with E-state index in [0.29, 0.717) is 5.69 Å². The molecule has 0 aliphatic heterocycles. The molecule has 2 N–H and O–H groups in total. The molecule has 17 heavy (non-hydrogen) atoms. The molecule has 1 aliphatic rings. The molecule has 0 atom stereocenters. The number of nitrogen functional groups attached to an aromatic ring is 1. The lowest BCUT2D eigenvalue weighted by Crippen LogP contribution is -2.09. The largest absolute Gasteiger partial charge is 0.395 e. The number of hydrogen-bond acceptors (Lipinski definition) is 2. The van der Waals surface area contributed by atoms with Crippen LogP contribution in [-0.2, 0) is 12.8 Å². The number of benzene rings is 1. The third kappa shape index (κ3) is 1.60. The van der Waals surface area contributed by atoms with Crippen molar-refractivity contribution in [3.8, 4) is 5.69 Å². The van der Waals surface area contributed by atoms with Crippen molar-refractivity contribution in [2.24, 2.45) is 0 Å². The Bertz CT molecular complexity index is 560. The van der Waals surface area contributed by atoms with Crippen molar-refractivity contribution in [1.82, 2.24) is 9.55 Å². The summed E-state index contributed by atoms with van der Waals surface area (Å²) < 4.78 is 15.4. The van der Waals surface area contributed by atoms with E-state index in [1.54, 1.807) is 12.4 Å². The van der Waals surface area contributed by atoms with Crippen molar-refractivity contribution in [2.75, 3.05) is 5.73 Å². The molecular formula is C13H14FN3. The van der Waals surface area contributed by atoms with Gasteiger partial charge in [-0.2, -0.15) is 0 Å². The Morgan fingerprint density at radius 1 is 1.24 bits per heavy atom. The summed E-state index contributed by atoms with van der Waals surface area (Å²) in [5, 5.41) is 0. The van der Waals surface area contributed by atoms with Crippen LogP contribution in [0.5, 0.6) is 0 Å². The summed E-state index contributed by atoms with van der Waals surface area (Å²) in [7, 11) is 0. The lowest BCUT2D eigenvalue weighted by Gasteiger charge is -2.15. The Kier molecular flexibility index (Phi) is 2.35. The second kappa shape index (κ2) is 3.87. The summed E-state index contributed by atoms with van der Waals surface area (Å²) in [5.41, 5.74) is 8.97. The van der Waals surface area contributed by atoms with Crippen LogP contribution in [0.3, 0.4) is 0 Å². The number of hydrogen-bond donors (Lipinski definition) is 1. The number of anilines is 1. The Balaban J connectivity index is 2.15. The fourth-order valence-electron chi connectivity index (χ4n) is 2.41. The van der Waals surface area contributed by atoms with Crippen molar-refractivity contribution < 1.29 is 4.39 Å². The first-order valence-corrected chi connectivity index (χ1v) is 5.87. The van der Waals surface area contributed by atoms with Crippen molar-refractivity contribution in [3.63, 3.8) is 0 Å². The highest BCUT2D eigenvalue weighted by Crippen LogP contribution is 2.26. The van der Waals surface area contributed by atoms with Gasteiger partial charge in [-0.15, -0.1) is 0 Å². The van der Waals surface area contributed by atoms with Crippen LogP contribution >= 0.6 is 0 Å². The fourth-order valence-corrected chi connectivity index (χ4v) is 2.41. The molecule has 0 bridgehead atoms. The van der Waals surface area contributed by atoms with Crippen LogP contribution in [0.2, 0.25) is 0 Å². The van der Waals surface area contributed by atoms with Gasteiger partial charge in [-0.3, -0.25) is 0 Å². The van der Waals surface area contributed by atoms with Crippen molar-refractivity contribution in [3.05, 3.63) is 41.7 Å². The predicted molar refractivity (Wildman–Crippen MR) is 64.6 cm³/mol. The van der Waals surface area contributed by atoms with Crippen LogP contribution in [0, 0.1) is 5.82 Å². The van der Waals surface area contributed by atoms with E-state index in [1.165, 1.54) is 18.2 Å². The van der Waals surface area contributed by atoms with Gasteiger partial charge in [0.15, 0.2) is 0 Å². The quantitative estimate of drug-likeness (QED) is 0.766. The maximum absolute atomic E-state index is 13.4. The average Bonchev–Trinajstić information content (AvgIpc) is 2.77. The molecule has 1 aliphatic carbocycles. The molecule has 0 saturated carbocycles. The summed E-state index contributed by atoms with van der Waals surface area (Å²) in [6, 6.07) is 4.88. The van der Waals surface area contributed by atoms with Gasteiger partial charge in [0, 0.05) is 5.69 Å². The molecular weight excluding hydrogens is 217 g/mol. The van der Waals surface area contributed by atoms with E-state index in [1.807, 2.05) is 10.6 Å². The monoisotopic (exact) mass is 231 g/mol. The molecule has 0 unspecified atom stereocenters. The predicted octanol–water partition coefficient (Wildman–Crippen LogP) is 2.47. The van der Waals surface area contributed by atoms with Gasteiger partial charge in [0.25, 0.3) is 0 Å². The molecule has 0 fully saturated rings. The second-order valence-electron chi connectivity index (χ2n) is 4.39. The number of nitrogens with two attached hydrogens (primary N) is 1. The Morgan fingerprint density at radius 3 is 2.94 bits per heavy atom. The molecule has 3 rings (SSSR count). The number of para-hydroxylation sites is 1. The van der Waals surface area contributed by atoms with E-state index in [2.05, 4.69) is 4.98 Å². The highest BCUT2D eigenvalue weighted by Gasteiger charge is 2.17. The third-order valence-corrected chi connectivity index (χ3v) is 3.32. The summed E-state index contributed by atoms with van der Waals surface area (Å²) in [6.45, 7) is 0. The molecule has 88 valence electrons. The molecule has 0 spiro atoms. The zero-order chi connectivity index (χ0) is 11.8. The average molecular weight is 231 g/mol. The summed E-state index contributed by atoms with van der Waals surface area (Å²) in [4.78, 5) is 4.39. The van der Waals surface area contributed by atoms with Crippen LogP contribution in [-0.4, -0.2) is 9.55 Å². The van der Waals surface area contributed by atoms with Gasteiger partial charge in [0.1, 0.15) is 5.82 Å². The third-order valence-electron chi connectivity index (χ3n) is 3.32. The minimum Gasteiger partial charge on any atom is -0.395 e. The molecule has 2 aromatic rings. The number of halogens is 1. The van der Waals surface area contributed by atoms with Gasteiger partial charge in [0.05, 0.1) is 23.4 Å². The first-order chi connectivity index (χ1) is 8.27. The van der Waals surface area contributed by atoms with E-state index in [0.717, 1.165) is 25.0 Å². The molecule has 4 heteroatoms. The van der Waals surface area contributed by atoms with Crippen molar-refractivity contribution in [1.29, 1.82) is 0 Å². The Labute approximate surface area is 99.1 Å². The van der Waals surface area contributed by atoms with Crippen molar-refractivity contribution >= 4 is 5.69 Å². The van der Waals surface area contributed by atoms with Crippen LogP contribution in [0.15, 0.2) is 24.5 Å². The zero-order valence-corrected chi connectivity index (χ0v) is 9.49. The number of aromatic nitrogens is 2. The van der Waals surface area contributed by atoms with E-state index in [4.69, 9.17) is 5.73 Å². The zero-order valence-electron chi connectivity index (χ0n) is 9.49. The van der Waals surface area contributed by atoms with Crippen molar-refractivity contribution in [2.45, 2.75) is 25.7 Å². The number of aryl methyl sites for hydroxylation is 1. The summed E-state index contributed by atoms with van der Waals surface area (Å²) in [5.74, 6) is -0.374. The number of rotatable bonds is 1. The summed E-state index contributed by atoms with van der Waals surface area (Å²) in [6.07, 6.45) is 6.10. The smallest absolute Gasteiger partial charge is 0.148 e. The maximum Gasteiger partial charge on any atom is 0.148 e. The normalized spacial score (nSPS) is 14.6. The molecule has 1 aromatic carbocycles. The minimum atomic E-state index is -0.374. The molecule has 1 heterocycles. The first-order valence-electron chi connectivity index (χ1n) is 5.87. The molecule has 0 radical (unpaired) electrons. The summed E-state index contributed by atoms with van der Waals surface area (Å²) >= 11 is 0. The van der Waals surface area contributed by atoms with Crippen LogP contribution in [0.25, 0.3) is 5.69 Å². The fraction of sp³-hybridized carbons (Fsp3) is 0.308. The highest BCUT2D eigenvalue weighted by atomic mass is 19.1. The Morgan fingerprint density at radius 2 is 2.06 bits per heavy atom. The van der Waals surface area contributed by atoms with E-state index in [-0.39, 0.29) is 11.5 Å². The van der Waals surface area contributed by atoms with Crippen LogP contribution < -0.4 is 5.73 Å². The van der Waals surface area contributed by atoms with Crippen LogP contribution in [0.1, 0.15) is 24.2 Å². The molecule has 1 aromatic heterocycles. The van der Waals surface area contributed by atoms with Gasteiger partial charge in [-0.25, -0.2) is 9.37 Å². The standard InChI is InChI=1S/C13H14FN3/c14-9-4-3-7-12(13(9)15)17-8-16-10-5-1-2-6-11(10)17/h3-4,7-8H,1-2,5-6,15H2. The first kappa shape index (κ1) is 10.3. The Hall–Kier alpha value is -1.84. The molecule has 3 nitrogen and oxygen atoms in total. The lowest BCUT2D eigenvalue weighted by atomic mass is 10.0. The van der Waals surface area contributed by atoms with E-state index >= 15 is 0 Å². The highest BCUT2D eigenvalue weighted by molar-refractivity contribution is 5.59. The lowest BCUT2D eigenvalue weighted by molar-refractivity contribution is 0.629. The van der Waals surface area contributed by atoms with Crippen LogP contribution in [0.4, 0.5) is 10.1 Å². The van der Waals surface area contributed by atoms with E-state index < -0.39 is 0 Å². The minimum absolute atomic E-state index is 0.193. The maximum atomic E-state index is 13.4. The van der Waals surface area contributed by atoms with Gasteiger partial charge >= 0.3 is 0 Å². The van der Waals surface area contributed by atoms with E-state index in [9.17, 15) is 4.39 Å².